The Morgan fingerprint density at radius 2 is 1.92 bits per heavy atom. The molecule has 3 unspecified atom stereocenters. The highest BCUT2D eigenvalue weighted by molar-refractivity contribution is 7.99. The van der Waals surface area contributed by atoms with E-state index < -0.39 is 35.8 Å². The van der Waals surface area contributed by atoms with Crippen molar-refractivity contribution < 1.29 is 29.0 Å². The predicted molar refractivity (Wildman–Crippen MR) is 139 cm³/mol. The molecule has 2 rings (SSSR count). The van der Waals surface area contributed by atoms with Crippen molar-refractivity contribution in [1.82, 2.24) is 15.5 Å². The van der Waals surface area contributed by atoms with Gasteiger partial charge < -0.3 is 35.8 Å². The van der Waals surface area contributed by atoms with Gasteiger partial charge in [-0.25, -0.2) is 4.79 Å². The third-order valence-electron chi connectivity index (χ3n) is 5.37. The van der Waals surface area contributed by atoms with Crippen LogP contribution in [0.2, 0.25) is 0 Å². The summed E-state index contributed by atoms with van der Waals surface area (Å²) >= 11 is 1.67. The Morgan fingerprint density at radius 3 is 2.56 bits per heavy atom. The summed E-state index contributed by atoms with van der Waals surface area (Å²) in [4.78, 5) is 39.1. The van der Waals surface area contributed by atoms with Crippen LogP contribution in [-0.2, 0) is 25.7 Å². The molecule has 0 aromatic heterocycles. The van der Waals surface area contributed by atoms with Gasteiger partial charge in [0.1, 0.15) is 17.7 Å². The highest BCUT2D eigenvalue weighted by atomic mass is 32.2. The van der Waals surface area contributed by atoms with Gasteiger partial charge in [-0.1, -0.05) is 30.3 Å². The molecule has 202 valence electrons. The van der Waals surface area contributed by atoms with Crippen molar-refractivity contribution in [3.63, 3.8) is 0 Å². The number of benzene rings is 1. The second kappa shape index (κ2) is 15.0. The topological polar surface area (TPSA) is 143 Å². The van der Waals surface area contributed by atoms with Crippen LogP contribution in [-0.4, -0.2) is 83.0 Å². The fourth-order valence-corrected chi connectivity index (χ4v) is 4.43. The zero-order valence-electron chi connectivity index (χ0n) is 21.4. The van der Waals surface area contributed by atoms with Gasteiger partial charge in [-0.3, -0.25) is 9.59 Å². The number of nitrogens with two attached hydrogens (primary N) is 1. The normalized spacial score (nSPS) is 16.2. The monoisotopic (exact) mass is 524 g/mol. The van der Waals surface area contributed by atoms with Gasteiger partial charge in [0.25, 0.3) is 5.91 Å². The summed E-state index contributed by atoms with van der Waals surface area (Å²) in [6.07, 6.45) is -0.475. The molecule has 1 aliphatic heterocycles. The molecule has 1 aromatic carbocycles. The summed E-state index contributed by atoms with van der Waals surface area (Å²) in [7, 11) is 0. The van der Waals surface area contributed by atoms with Gasteiger partial charge in [0.05, 0.1) is 25.1 Å². The molecule has 1 saturated heterocycles. The number of carbonyl (C=O) groups is 3. The Morgan fingerprint density at radius 1 is 1.19 bits per heavy atom. The second-order valence-corrected chi connectivity index (χ2v) is 10.8. The Balaban J connectivity index is 1.71. The molecule has 11 heteroatoms. The standard InChI is InChI=1S/C25H40N4O6S/c1-25(2,3)35-24(33)28-20(23(32)29-13-14-36-17-29)11-7-8-12-27-22(31)21(30)19(26)16-34-15-18-9-5-4-6-10-18/h4-6,9-10,19-21,30H,7-8,11-17,26H2,1-3H3,(H,27,31)(H,28,33). The number of rotatable bonds is 13. The van der Waals surface area contributed by atoms with Crippen molar-refractivity contribution in [2.75, 3.05) is 31.3 Å². The van der Waals surface area contributed by atoms with E-state index in [9.17, 15) is 19.5 Å². The first-order valence-electron chi connectivity index (χ1n) is 12.3. The van der Waals surface area contributed by atoms with Crippen molar-refractivity contribution in [2.24, 2.45) is 5.73 Å². The molecule has 1 aliphatic rings. The summed E-state index contributed by atoms with van der Waals surface area (Å²) in [5.74, 6) is 0.777. The molecule has 0 aliphatic carbocycles. The maximum absolute atomic E-state index is 12.9. The Bertz CT molecular complexity index is 830. The van der Waals surface area contributed by atoms with Gasteiger partial charge in [-0.2, -0.15) is 0 Å². The largest absolute Gasteiger partial charge is 0.444 e. The lowest BCUT2D eigenvalue weighted by Crippen LogP contribution is -2.49. The van der Waals surface area contributed by atoms with Crippen molar-refractivity contribution in [3.8, 4) is 0 Å². The maximum atomic E-state index is 12.9. The highest BCUT2D eigenvalue weighted by Gasteiger charge is 2.29. The minimum atomic E-state index is -1.39. The Kier molecular flexibility index (Phi) is 12.5. The minimum absolute atomic E-state index is 0.0401. The van der Waals surface area contributed by atoms with Crippen LogP contribution in [0.5, 0.6) is 0 Å². The summed E-state index contributed by atoms with van der Waals surface area (Å²) in [5, 5.41) is 15.5. The lowest BCUT2D eigenvalue weighted by molar-refractivity contribution is -0.132. The van der Waals surface area contributed by atoms with E-state index in [0.29, 0.717) is 44.8 Å². The molecule has 0 spiro atoms. The molecule has 0 saturated carbocycles. The first kappa shape index (κ1) is 29.9. The zero-order chi connectivity index (χ0) is 26.6. The number of unbranched alkanes of at least 4 members (excludes halogenated alkanes) is 1. The number of aliphatic hydroxyl groups excluding tert-OH is 1. The van der Waals surface area contributed by atoms with Crippen LogP contribution >= 0.6 is 11.8 Å². The van der Waals surface area contributed by atoms with E-state index in [1.54, 1.807) is 37.4 Å². The average molecular weight is 525 g/mol. The van der Waals surface area contributed by atoms with Crippen LogP contribution in [0.25, 0.3) is 0 Å². The zero-order valence-corrected chi connectivity index (χ0v) is 22.2. The number of nitrogens with zero attached hydrogens (tertiary/aromatic N) is 1. The molecular formula is C25H40N4O6S. The van der Waals surface area contributed by atoms with E-state index in [1.165, 1.54) is 0 Å². The molecule has 0 radical (unpaired) electrons. The summed E-state index contributed by atoms with van der Waals surface area (Å²) in [6, 6.07) is 7.99. The first-order valence-corrected chi connectivity index (χ1v) is 13.4. The van der Waals surface area contributed by atoms with E-state index in [2.05, 4.69) is 10.6 Å². The number of ether oxygens (including phenoxy) is 2. The smallest absolute Gasteiger partial charge is 0.408 e. The minimum Gasteiger partial charge on any atom is -0.444 e. The van der Waals surface area contributed by atoms with E-state index in [-0.39, 0.29) is 12.5 Å². The van der Waals surface area contributed by atoms with Gasteiger partial charge in [-0.15, -0.1) is 11.8 Å². The van der Waals surface area contributed by atoms with Crippen molar-refractivity contribution in [2.45, 2.75) is 70.4 Å². The van der Waals surface area contributed by atoms with Crippen molar-refractivity contribution in [3.05, 3.63) is 35.9 Å². The molecule has 5 N–H and O–H groups in total. The van der Waals surface area contributed by atoms with E-state index in [1.807, 2.05) is 30.3 Å². The van der Waals surface area contributed by atoms with Crippen LogP contribution < -0.4 is 16.4 Å². The lowest BCUT2D eigenvalue weighted by atomic mass is 10.1. The summed E-state index contributed by atoms with van der Waals surface area (Å²) in [5.41, 5.74) is 6.21. The number of hydrogen-bond acceptors (Lipinski definition) is 8. The van der Waals surface area contributed by atoms with E-state index in [4.69, 9.17) is 15.2 Å². The van der Waals surface area contributed by atoms with Crippen LogP contribution in [0.4, 0.5) is 4.79 Å². The third kappa shape index (κ3) is 11.2. The molecule has 1 heterocycles. The van der Waals surface area contributed by atoms with Crippen LogP contribution in [0.15, 0.2) is 30.3 Å². The predicted octanol–water partition coefficient (Wildman–Crippen LogP) is 1.60. The van der Waals surface area contributed by atoms with Crippen LogP contribution in [0.1, 0.15) is 45.6 Å². The van der Waals surface area contributed by atoms with Crippen molar-refractivity contribution in [1.29, 1.82) is 0 Å². The quantitative estimate of drug-likeness (QED) is 0.285. The Hall–Kier alpha value is -2.34. The Labute approximate surface area is 217 Å². The molecule has 3 atom stereocenters. The number of nitrogens with one attached hydrogen (secondary N) is 2. The van der Waals surface area contributed by atoms with Crippen molar-refractivity contribution >= 4 is 29.7 Å². The number of alkyl carbamates (subject to hydrolysis) is 1. The molecule has 3 amide bonds. The number of carbonyl (C=O) groups excluding carboxylic acids is 3. The highest BCUT2D eigenvalue weighted by Crippen LogP contribution is 2.17. The summed E-state index contributed by atoms with van der Waals surface area (Å²) in [6.45, 7) is 6.63. The van der Waals surface area contributed by atoms with E-state index in [0.717, 1.165) is 11.3 Å². The number of hydrogen-bond donors (Lipinski definition) is 4. The van der Waals surface area contributed by atoms with Crippen LogP contribution in [0, 0.1) is 0 Å². The molecular weight excluding hydrogens is 484 g/mol. The first-order chi connectivity index (χ1) is 17.1. The maximum Gasteiger partial charge on any atom is 0.408 e. The van der Waals surface area contributed by atoms with E-state index >= 15 is 0 Å². The second-order valence-electron chi connectivity index (χ2n) is 9.73. The van der Waals surface area contributed by atoms with Gasteiger partial charge >= 0.3 is 6.09 Å². The SMILES string of the molecule is CC(C)(C)OC(=O)NC(CCCCNC(=O)C(O)C(N)COCc1ccccc1)C(=O)N1CCSC1. The fraction of sp³-hybridized carbons (Fsp3) is 0.640. The van der Waals surface area contributed by atoms with Crippen LogP contribution in [0.3, 0.4) is 0 Å². The lowest BCUT2D eigenvalue weighted by Gasteiger charge is -2.26. The summed E-state index contributed by atoms with van der Waals surface area (Å²) < 4.78 is 10.8. The third-order valence-corrected chi connectivity index (χ3v) is 6.33. The van der Waals surface area contributed by atoms with Gasteiger partial charge in [0, 0.05) is 18.8 Å². The molecule has 1 aromatic rings. The molecule has 0 bridgehead atoms. The fourth-order valence-electron chi connectivity index (χ4n) is 3.48. The van der Waals surface area contributed by atoms with Gasteiger partial charge in [0.2, 0.25) is 5.91 Å². The number of thioether (sulfide) groups is 1. The van der Waals surface area contributed by atoms with Gasteiger partial charge in [0.15, 0.2) is 0 Å². The average Bonchev–Trinajstić information content (AvgIpc) is 3.36. The van der Waals surface area contributed by atoms with Gasteiger partial charge in [-0.05, 0) is 45.6 Å². The molecule has 10 nitrogen and oxygen atoms in total. The number of aliphatic hydroxyl groups is 1. The molecule has 1 fully saturated rings. The number of amides is 3. The molecule has 36 heavy (non-hydrogen) atoms.